The van der Waals surface area contributed by atoms with E-state index in [1.165, 1.54) is 0 Å². The Morgan fingerprint density at radius 3 is 2.69 bits per heavy atom. The summed E-state index contributed by atoms with van der Waals surface area (Å²) in [6, 6.07) is 5.36. The summed E-state index contributed by atoms with van der Waals surface area (Å²) in [7, 11) is 1.79. The van der Waals surface area contributed by atoms with Crippen LogP contribution in [-0.4, -0.2) is 41.5 Å². The fraction of sp³-hybridized carbons (Fsp3) is 0.474. The molecule has 0 spiro atoms. The molecular formula is C19H23F2N7O. The van der Waals surface area contributed by atoms with Gasteiger partial charge in [0.05, 0.1) is 5.69 Å². The minimum atomic E-state index is -2.57. The van der Waals surface area contributed by atoms with Crippen molar-refractivity contribution in [3.8, 4) is 11.6 Å². The molecule has 1 aliphatic carbocycles. The lowest BCUT2D eigenvalue weighted by Gasteiger charge is -2.29. The van der Waals surface area contributed by atoms with E-state index in [1.54, 1.807) is 34.9 Å². The highest BCUT2D eigenvalue weighted by atomic mass is 19.3. The van der Waals surface area contributed by atoms with E-state index in [4.69, 9.17) is 4.74 Å². The Hall–Kier alpha value is -3.04. The van der Waals surface area contributed by atoms with Gasteiger partial charge in [0, 0.05) is 44.3 Å². The molecule has 0 aliphatic heterocycles. The third-order valence-electron chi connectivity index (χ3n) is 4.83. The third-order valence-corrected chi connectivity index (χ3v) is 4.83. The van der Waals surface area contributed by atoms with Crippen molar-refractivity contribution in [3.05, 3.63) is 42.2 Å². The molecule has 29 heavy (non-hydrogen) atoms. The van der Waals surface area contributed by atoms with Crippen LogP contribution in [0.2, 0.25) is 0 Å². The first-order valence-corrected chi connectivity index (χ1v) is 9.53. The number of pyridine rings is 1. The second-order valence-electron chi connectivity index (χ2n) is 7.35. The first-order chi connectivity index (χ1) is 13.9. The van der Waals surface area contributed by atoms with E-state index in [0.717, 1.165) is 5.69 Å². The molecule has 10 heteroatoms. The Morgan fingerprint density at radius 1 is 1.24 bits per heavy atom. The van der Waals surface area contributed by atoms with Crippen LogP contribution in [0.25, 0.3) is 5.82 Å². The van der Waals surface area contributed by atoms with E-state index in [1.807, 2.05) is 19.2 Å². The van der Waals surface area contributed by atoms with Crippen LogP contribution in [0.5, 0.6) is 5.75 Å². The Labute approximate surface area is 166 Å². The van der Waals surface area contributed by atoms with Gasteiger partial charge >= 0.3 is 0 Å². The molecule has 4 rings (SSSR count). The van der Waals surface area contributed by atoms with Gasteiger partial charge in [0.25, 0.3) is 0 Å². The Bertz CT molecular complexity index is 975. The molecule has 0 atom stereocenters. The highest BCUT2D eigenvalue weighted by Crippen LogP contribution is 2.34. The van der Waals surface area contributed by atoms with E-state index in [2.05, 4.69) is 25.5 Å². The molecule has 0 aromatic carbocycles. The smallest absolute Gasteiger partial charge is 0.248 e. The molecule has 154 valence electrons. The van der Waals surface area contributed by atoms with Gasteiger partial charge in [-0.2, -0.15) is 10.2 Å². The molecule has 0 radical (unpaired) electrons. The first kappa shape index (κ1) is 19.3. The maximum absolute atomic E-state index is 13.4. The van der Waals surface area contributed by atoms with Crippen molar-refractivity contribution < 1.29 is 13.5 Å². The van der Waals surface area contributed by atoms with Gasteiger partial charge in [0.2, 0.25) is 5.92 Å². The second kappa shape index (κ2) is 7.76. The van der Waals surface area contributed by atoms with E-state index in [9.17, 15) is 8.78 Å². The fourth-order valence-electron chi connectivity index (χ4n) is 3.30. The molecule has 3 heterocycles. The van der Waals surface area contributed by atoms with Crippen molar-refractivity contribution in [3.63, 3.8) is 0 Å². The maximum Gasteiger partial charge on any atom is 0.248 e. The highest BCUT2D eigenvalue weighted by molar-refractivity contribution is 5.47. The van der Waals surface area contributed by atoms with Crippen molar-refractivity contribution in [2.24, 2.45) is 7.05 Å². The largest absolute Gasteiger partial charge is 0.485 e. The number of alkyl halides is 2. The molecular weight excluding hydrogens is 380 g/mol. The molecule has 8 nitrogen and oxygen atoms in total. The molecule has 0 bridgehead atoms. The zero-order valence-corrected chi connectivity index (χ0v) is 16.3. The zero-order chi connectivity index (χ0) is 20.4. The minimum Gasteiger partial charge on any atom is -0.485 e. The van der Waals surface area contributed by atoms with Gasteiger partial charge in [-0.15, -0.1) is 0 Å². The summed E-state index contributed by atoms with van der Waals surface area (Å²) < 4.78 is 36.0. The number of aromatic nitrogens is 6. The molecule has 1 N–H and O–H groups in total. The predicted octanol–water partition coefficient (Wildman–Crippen LogP) is 3.27. The van der Waals surface area contributed by atoms with E-state index < -0.39 is 5.92 Å². The van der Waals surface area contributed by atoms with E-state index >= 15 is 0 Å². The molecule has 1 fully saturated rings. The van der Waals surface area contributed by atoms with Gasteiger partial charge in [0.1, 0.15) is 24.5 Å². The van der Waals surface area contributed by atoms with Crippen molar-refractivity contribution in [2.45, 2.75) is 51.2 Å². The van der Waals surface area contributed by atoms with Gasteiger partial charge in [-0.3, -0.25) is 4.68 Å². The van der Waals surface area contributed by atoms with Crippen LogP contribution in [0.15, 0.2) is 30.7 Å². The van der Waals surface area contributed by atoms with Crippen molar-refractivity contribution >= 4 is 5.82 Å². The quantitative estimate of drug-likeness (QED) is 0.680. The number of aryl methyl sites for hydroxylation is 2. The molecule has 0 saturated heterocycles. The maximum atomic E-state index is 13.4. The number of halogens is 2. The average molecular weight is 403 g/mol. The van der Waals surface area contributed by atoms with Crippen molar-refractivity contribution in [2.75, 3.05) is 5.32 Å². The molecule has 1 saturated carbocycles. The number of anilines is 1. The number of hydrogen-bond acceptors (Lipinski definition) is 6. The summed E-state index contributed by atoms with van der Waals surface area (Å²) >= 11 is 0. The second-order valence-corrected chi connectivity index (χ2v) is 7.35. The molecule has 3 aromatic rings. The third kappa shape index (κ3) is 4.87. The number of rotatable bonds is 6. The first-order valence-electron chi connectivity index (χ1n) is 9.53. The summed E-state index contributed by atoms with van der Waals surface area (Å²) in [6.45, 7) is 2.10. The van der Waals surface area contributed by atoms with Gasteiger partial charge in [0.15, 0.2) is 11.6 Å². The summed E-state index contributed by atoms with van der Waals surface area (Å²) in [6.07, 6.45) is 3.98. The molecule has 0 unspecified atom stereocenters. The SMILES string of the molecule is Cc1ccn(-c2cc(OCc3ncn(C)n3)cc(NC3CCC(F)(F)CC3)n2)n1. The summed E-state index contributed by atoms with van der Waals surface area (Å²) in [5.74, 6) is -0.295. The highest BCUT2D eigenvalue weighted by Gasteiger charge is 2.35. The number of ether oxygens (including phenoxy) is 1. The monoisotopic (exact) mass is 403 g/mol. The van der Waals surface area contributed by atoms with Crippen LogP contribution >= 0.6 is 0 Å². The predicted molar refractivity (Wildman–Crippen MR) is 102 cm³/mol. The van der Waals surface area contributed by atoms with Crippen LogP contribution in [0.3, 0.4) is 0 Å². The standard InChI is InChI=1S/C19H23F2N7O/c1-13-5-8-28(25-13)18-10-15(29-11-17-22-12-27(2)26-17)9-16(24-18)23-14-3-6-19(20,21)7-4-14/h5,8-10,12,14H,3-4,6-7,11H2,1-2H3,(H,23,24). The summed E-state index contributed by atoms with van der Waals surface area (Å²) in [5.41, 5.74) is 0.861. The summed E-state index contributed by atoms with van der Waals surface area (Å²) in [4.78, 5) is 8.74. The van der Waals surface area contributed by atoms with E-state index in [0.29, 0.717) is 36.1 Å². The van der Waals surface area contributed by atoms with Gasteiger partial charge in [-0.1, -0.05) is 0 Å². The fourth-order valence-corrected chi connectivity index (χ4v) is 3.30. The van der Waals surface area contributed by atoms with Crippen LogP contribution in [0.1, 0.15) is 37.2 Å². The van der Waals surface area contributed by atoms with Crippen LogP contribution in [-0.2, 0) is 13.7 Å². The van der Waals surface area contributed by atoms with E-state index in [-0.39, 0.29) is 25.5 Å². The molecule has 1 aliphatic rings. The Morgan fingerprint density at radius 2 is 2.03 bits per heavy atom. The van der Waals surface area contributed by atoms with Crippen LogP contribution in [0.4, 0.5) is 14.6 Å². The zero-order valence-electron chi connectivity index (χ0n) is 16.3. The average Bonchev–Trinajstić information content (AvgIpc) is 3.30. The normalized spacial score (nSPS) is 16.7. The Balaban J connectivity index is 1.54. The van der Waals surface area contributed by atoms with Crippen molar-refractivity contribution in [1.82, 2.24) is 29.5 Å². The number of nitrogens with zero attached hydrogens (tertiary/aromatic N) is 6. The Kier molecular flexibility index (Phi) is 5.16. The lowest BCUT2D eigenvalue weighted by Crippen LogP contribution is -2.32. The minimum absolute atomic E-state index is 0.0537. The lowest BCUT2D eigenvalue weighted by atomic mass is 9.92. The number of hydrogen-bond donors (Lipinski definition) is 1. The number of nitrogens with one attached hydrogen (secondary N) is 1. The van der Waals surface area contributed by atoms with Crippen LogP contribution in [0, 0.1) is 6.92 Å². The van der Waals surface area contributed by atoms with Crippen molar-refractivity contribution in [1.29, 1.82) is 0 Å². The van der Waals surface area contributed by atoms with Gasteiger partial charge in [-0.25, -0.2) is 23.4 Å². The lowest BCUT2D eigenvalue weighted by molar-refractivity contribution is -0.0361. The van der Waals surface area contributed by atoms with Crippen LogP contribution < -0.4 is 10.1 Å². The van der Waals surface area contributed by atoms with Gasteiger partial charge < -0.3 is 10.1 Å². The topological polar surface area (TPSA) is 82.7 Å². The molecule has 3 aromatic heterocycles. The molecule has 0 amide bonds. The van der Waals surface area contributed by atoms with Gasteiger partial charge in [-0.05, 0) is 25.8 Å². The summed E-state index contributed by atoms with van der Waals surface area (Å²) in [5, 5.41) is 11.9.